The molecule has 0 saturated carbocycles. The molecule has 0 radical (unpaired) electrons. The fraction of sp³-hybridized carbons (Fsp3) is 0.286. The molecule has 2 aromatic carbocycles. The molecule has 0 aliphatic carbocycles. The minimum atomic E-state index is -4.41. The zero-order valence-corrected chi connectivity index (χ0v) is 17.1. The highest BCUT2D eigenvalue weighted by molar-refractivity contribution is 7.84. The summed E-state index contributed by atoms with van der Waals surface area (Å²) in [7, 11) is 0.525. The second kappa shape index (κ2) is 7.33. The standard InChI is InChI=1S/C21H22F3N3OS/c1-13-18(14-8-10-15(11-9-14)21(22,23)24)20(2,26-19(25)27(13)3)16-6-5-7-17(12-16)29(4)28/h5-12,18H,1H2,2-4H3,(H2,25,26)/t18-,20+,29?/m0/s1. The third-order valence-electron chi connectivity index (χ3n) is 5.34. The maximum absolute atomic E-state index is 13.0. The summed E-state index contributed by atoms with van der Waals surface area (Å²) in [6, 6.07) is 12.2. The Labute approximate surface area is 170 Å². The number of hydrogen-bond acceptors (Lipinski definition) is 4. The van der Waals surface area contributed by atoms with Crippen LogP contribution in [0, 0.1) is 0 Å². The summed E-state index contributed by atoms with van der Waals surface area (Å²) in [4.78, 5) is 6.95. The first-order valence-corrected chi connectivity index (χ1v) is 10.4. The molecule has 1 heterocycles. The number of benzene rings is 2. The molecule has 0 spiro atoms. The molecule has 0 bridgehead atoms. The average Bonchev–Trinajstić information content (AvgIpc) is 2.66. The molecule has 0 amide bonds. The Bertz CT molecular complexity index is 1000. The van der Waals surface area contributed by atoms with Crippen molar-refractivity contribution in [2.24, 2.45) is 10.7 Å². The maximum atomic E-state index is 13.0. The summed E-state index contributed by atoms with van der Waals surface area (Å²) in [5, 5.41) is 0. The molecule has 2 aromatic rings. The van der Waals surface area contributed by atoms with E-state index in [9.17, 15) is 17.4 Å². The van der Waals surface area contributed by atoms with Crippen molar-refractivity contribution in [2.75, 3.05) is 13.3 Å². The minimum Gasteiger partial charge on any atom is -0.370 e. The van der Waals surface area contributed by atoms with E-state index in [1.165, 1.54) is 12.1 Å². The Hall–Kier alpha value is -2.61. The van der Waals surface area contributed by atoms with Gasteiger partial charge in [-0.25, -0.2) is 4.99 Å². The summed E-state index contributed by atoms with van der Waals surface area (Å²) >= 11 is 0. The van der Waals surface area contributed by atoms with Crippen LogP contribution in [0.4, 0.5) is 13.2 Å². The number of nitrogens with two attached hydrogens (primary N) is 1. The van der Waals surface area contributed by atoms with Crippen molar-refractivity contribution in [2.45, 2.75) is 29.5 Å². The summed E-state index contributed by atoms with van der Waals surface area (Å²) < 4.78 is 51.0. The number of aliphatic imine (C=N–C) groups is 1. The number of nitrogens with zero attached hydrogens (tertiary/aromatic N) is 2. The van der Waals surface area contributed by atoms with Gasteiger partial charge in [0.15, 0.2) is 5.96 Å². The fourth-order valence-electron chi connectivity index (χ4n) is 3.65. The highest BCUT2D eigenvalue weighted by Crippen LogP contribution is 2.48. The van der Waals surface area contributed by atoms with Crippen LogP contribution in [0.2, 0.25) is 0 Å². The average molecular weight is 421 g/mol. The predicted molar refractivity (Wildman–Crippen MR) is 109 cm³/mol. The van der Waals surface area contributed by atoms with Gasteiger partial charge in [0, 0.05) is 34.7 Å². The smallest absolute Gasteiger partial charge is 0.370 e. The SMILES string of the molecule is C=C1[C@@H](c2ccc(C(F)(F)F)cc2)[C@@](C)(c2cccc(S(C)=O)c2)N=C(N)N1C. The quantitative estimate of drug-likeness (QED) is 0.808. The molecule has 1 unspecified atom stereocenters. The number of likely N-dealkylation sites (N-methyl/N-ethyl adjacent to an activating group) is 1. The normalized spacial score (nSPS) is 23.7. The van der Waals surface area contributed by atoms with Gasteiger partial charge in [0.1, 0.15) is 0 Å². The van der Waals surface area contributed by atoms with Gasteiger partial charge in [-0.2, -0.15) is 13.2 Å². The summed E-state index contributed by atoms with van der Waals surface area (Å²) in [6.45, 7) is 6.00. The Morgan fingerprint density at radius 1 is 1.21 bits per heavy atom. The third-order valence-corrected chi connectivity index (χ3v) is 6.26. The van der Waals surface area contributed by atoms with Crippen molar-refractivity contribution >= 4 is 16.8 Å². The first-order chi connectivity index (χ1) is 13.4. The van der Waals surface area contributed by atoms with E-state index in [4.69, 9.17) is 5.73 Å². The van der Waals surface area contributed by atoms with Crippen molar-refractivity contribution < 1.29 is 17.4 Å². The van der Waals surface area contributed by atoms with Gasteiger partial charge in [-0.05, 0) is 42.3 Å². The lowest BCUT2D eigenvalue weighted by Crippen LogP contribution is -2.47. The van der Waals surface area contributed by atoms with Crippen LogP contribution in [0.3, 0.4) is 0 Å². The van der Waals surface area contributed by atoms with Crippen molar-refractivity contribution in [1.29, 1.82) is 0 Å². The first-order valence-electron chi connectivity index (χ1n) is 8.84. The van der Waals surface area contributed by atoms with Crippen LogP contribution < -0.4 is 5.73 Å². The van der Waals surface area contributed by atoms with E-state index in [1.54, 1.807) is 36.4 Å². The van der Waals surface area contributed by atoms with Crippen LogP contribution >= 0.6 is 0 Å². The van der Waals surface area contributed by atoms with Crippen molar-refractivity contribution in [1.82, 2.24) is 4.90 Å². The van der Waals surface area contributed by atoms with Crippen LogP contribution in [0.25, 0.3) is 0 Å². The molecule has 29 heavy (non-hydrogen) atoms. The van der Waals surface area contributed by atoms with Gasteiger partial charge in [0.2, 0.25) is 0 Å². The number of rotatable bonds is 3. The Kier molecular flexibility index (Phi) is 5.34. The molecular weight excluding hydrogens is 399 g/mol. The van der Waals surface area contributed by atoms with Crippen LogP contribution in [0.1, 0.15) is 29.5 Å². The summed E-state index contributed by atoms with van der Waals surface area (Å²) in [5.74, 6) is -0.202. The van der Waals surface area contributed by atoms with Gasteiger partial charge < -0.3 is 10.6 Å². The molecule has 1 aliphatic rings. The molecule has 0 saturated heterocycles. The van der Waals surface area contributed by atoms with Crippen LogP contribution in [0.5, 0.6) is 0 Å². The lowest BCUT2D eigenvalue weighted by Gasteiger charge is -2.44. The highest BCUT2D eigenvalue weighted by atomic mass is 32.2. The molecule has 0 fully saturated rings. The van der Waals surface area contributed by atoms with Crippen molar-refractivity contribution in [3.05, 3.63) is 77.5 Å². The molecule has 1 aliphatic heterocycles. The van der Waals surface area contributed by atoms with E-state index in [-0.39, 0.29) is 5.96 Å². The van der Waals surface area contributed by atoms with E-state index in [0.717, 1.165) is 17.7 Å². The second-order valence-corrected chi connectivity index (χ2v) is 8.58. The molecular formula is C21H22F3N3OS. The lowest BCUT2D eigenvalue weighted by molar-refractivity contribution is -0.137. The largest absolute Gasteiger partial charge is 0.416 e. The Balaban J connectivity index is 2.18. The van der Waals surface area contributed by atoms with Gasteiger partial charge in [-0.3, -0.25) is 4.21 Å². The molecule has 0 aromatic heterocycles. The summed E-state index contributed by atoms with van der Waals surface area (Å²) in [5.41, 5.74) is 6.47. The number of guanidine groups is 1. The third kappa shape index (κ3) is 3.81. The van der Waals surface area contributed by atoms with Crippen molar-refractivity contribution in [3.8, 4) is 0 Å². The van der Waals surface area contributed by atoms with Gasteiger partial charge in [-0.15, -0.1) is 0 Å². The van der Waals surface area contributed by atoms with E-state index in [2.05, 4.69) is 11.6 Å². The number of halogens is 3. The van der Waals surface area contributed by atoms with Gasteiger partial charge in [0.05, 0.1) is 17.0 Å². The topological polar surface area (TPSA) is 58.7 Å². The van der Waals surface area contributed by atoms with Crippen molar-refractivity contribution in [3.63, 3.8) is 0 Å². The summed E-state index contributed by atoms with van der Waals surface area (Å²) in [6.07, 6.45) is -2.83. The molecule has 3 atom stereocenters. The molecule has 2 N–H and O–H groups in total. The van der Waals surface area contributed by atoms with Gasteiger partial charge >= 0.3 is 6.18 Å². The number of alkyl halides is 3. The molecule has 154 valence electrons. The highest BCUT2D eigenvalue weighted by Gasteiger charge is 2.44. The van der Waals surface area contributed by atoms with Gasteiger partial charge in [-0.1, -0.05) is 30.8 Å². The molecule has 4 nitrogen and oxygen atoms in total. The Morgan fingerprint density at radius 3 is 2.38 bits per heavy atom. The zero-order chi connectivity index (χ0) is 21.6. The van der Waals surface area contributed by atoms with E-state index < -0.39 is 34.0 Å². The minimum absolute atomic E-state index is 0.253. The maximum Gasteiger partial charge on any atom is 0.416 e. The van der Waals surface area contributed by atoms with E-state index in [1.807, 2.05) is 13.0 Å². The fourth-order valence-corrected chi connectivity index (χ4v) is 4.21. The van der Waals surface area contributed by atoms with Crippen LogP contribution in [-0.4, -0.2) is 28.4 Å². The monoisotopic (exact) mass is 421 g/mol. The first kappa shape index (κ1) is 21.1. The zero-order valence-electron chi connectivity index (χ0n) is 16.3. The van der Waals surface area contributed by atoms with E-state index in [0.29, 0.717) is 16.2 Å². The lowest BCUT2D eigenvalue weighted by atomic mass is 9.73. The second-order valence-electron chi connectivity index (χ2n) is 7.20. The predicted octanol–water partition coefficient (Wildman–Crippen LogP) is 4.22. The van der Waals surface area contributed by atoms with E-state index >= 15 is 0 Å². The van der Waals surface area contributed by atoms with Crippen LogP contribution in [-0.2, 0) is 22.5 Å². The van der Waals surface area contributed by atoms with Crippen LogP contribution in [0.15, 0.2) is 70.7 Å². The number of hydrogen-bond donors (Lipinski definition) is 1. The Morgan fingerprint density at radius 2 is 1.83 bits per heavy atom. The molecule has 8 heteroatoms. The van der Waals surface area contributed by atoms with Gasteiger partial charge in [0.25, 0.3) is 0 Å². The molecule has 3 rings (SSSR count).